The minimum absolute atomic E-state index is 0.205. The number of aromatic nitrogens is 1. The number of hydrogen-bond acceptors (Lipinski definition) is 4. The van der Waals surface area contributed by atoms with Crippen LogP contribution in [0, 0.1) is 0 Å². The van der Waals surface area contributed by atoms with Crippen LogP contribution in [-0.4, -0.2) is 43.6 Å². The van der Waals surface area contributed by atoms with Crippen molar-refractivity contribution < 1.29 is 14.3 Å². The monoisotopic (exact) mass is 277 g/mol. The average molecular weight is 277 g/mol. The van der Waals surface area contributed by atoms with Crippen molar-refractivity contribution in [2.24, 2.45) is 0 Å². The maximum atomic E-state index is 11.9. The Morgan fingerprint density at radius 1 is 1.40 bits per heavy atom. The number of rotatable bonds is 8. The number of pyridine rings is 1. The van der Waals surface area contributed by atoms with Crippen molar-refractivity contribution >= 4 is 11.8 Å². The molecule has 1 rings (SSSR count). The van der Waals surface area contributed by atoms with Crippen molar-refractivity contribution in [3.05, 3.63) is 42.2 Å². The van der Waals surface area contributed by atoms with Crippen molar-refractivity contribution in [2.75, 3.05) is 26.8 Å². The first kappa shape index (κ1) is 15.8. The zero-order valence-corrected chi connectivity index (χ0v) is 11.5. The van der Waals surface area contributed by atoms with E-state index in [0.717, 1.165) is 6.42 Å². The molecule has 1 heterocycles. The van der Waals surface area contributed by atoms with Crippen molar-refractivity contribution in [2.45, 2.75) is 6.42 Å². The van der Waals surface area contributed by atoms with Gasteiger partial charge in [-0.25, -0.2) is 0 Å². The van der Waals surface area contributed by atoms with E-state index in [-0.39, 0.29) is 17.5 Å². The fourth-order valence-corrected chi connectivity index (χ4v) is 1.47. The standard InChI is InChI=1S/C14H19N3O3/c1-3-6-16-14(19)12-10-11(5-8-15-12)13(18)17-7-4-9-20-2/h3,5,8,10H,1,4,6-7,9H2,2H3,(H,16,19)(H,17,18). The van der Waals surface area contributed by atoms with Crippen LogP contribution in [0.1, 0.15) is 27.3 Å². The zero-order valence-electron chi connectivity index (χ0n) is 11.5. The van der Waals surface area contributed by atoms with Crippen LogP contribution < -0.4 is 10.6 Å². The van der Waals surface area contributed by atoms with Gasteiger partial charge in [-0.3, -0.25) is 14.6 Å². The molecule has 0 aliphatic rings. The number of nitrogens with zero attached hydrogens (tertiary/aromatic N) is 1. The number of ether oxygens (including phenoxy) is 1. The van der Waals surface area contributed by atoms with E-state index in [4.69, 9.17) is 4.74 Å². The molecule has 0 saturated heterocycles. The quantitative estimate of drug-likeness (QED) is 0.543. The lowest BCUT2D eigenvalue weighted by Crippen LogP contribution is -2.27. The molecular formula is C14H19N3O3. The lowest BCUT2D eigenvalue weighted by Gasteiger charge is -2.06. The van der Waals surface area contributed by atoms with Crippen LogP contribution in [0.5, 0.6) is 0 Å². The van der Waals surface area contributed by atoms with E-state index in [0.29, 0.717) is 25.3 Å². The Hall–Kier alpha value is -2.21. The summed E-state index contributed by atoms with van der Waals surface area (Å²) in [6.45, 7) is 4.98. The molecule has 0 bridgehead atoms. The summed E-state index contributed by atoms with van der Waals surface area (Å²) in [4.78, 5) is 27.5. The number of nitrogens with one attached hydrogen (secondary N) is 2. The molecule has 0 fully saturated rings. The van der Waals surface area contributed by atoms with Crippen molar-refractivity contribution in [1.82, 2.24) is 15.6 Å². The number of amides is 2. The molecule has 2 N–H and O–H groups in total. The summed E-state index contributed by atoms with van der Waals surface area (Å²) in [5.74, 6) is -0.569. The highest BCUT2D eigenvalue weighted by atomic mass is 16.5. The number of hydrogen-bond donors (Lipinski definition) is 2. The average Bonchev–Trinajstić information content (AvgIpc) is 2.49. The van der Waals surface area contributed by atoms with Gasteiger partial charge in [0.2, 0.25) is 0 Å². The fraction of sp³-hybridized carbons (Fsp3) is 0.357. The van der Waals surface area contributed by atoms with Crippen molar-refractivity contribution in [3.8, 4) is 0 Å². The van der Waals surface area contributed by atoms with E-state index in [1.807, 2.05) is 0 Å². The maximum Gasteiger partial charge on any atom is 0.270 e. The number of carbonyl (C=O) groups excluding carboxylic acids is 2. The Morgan fingerprint density at radius 2 is 2.20 bits per heavy atom. The van der Waals surface area contributed by atoms with Crippen LogP contribution in [-0.2, 0) is 4.74 Å². The van der Waals surface area contributed by atoms with Gasteiger partial charge in [0.05, 0.1) is 0 Å². The van der Waals surface area contributed by atoms with Crippen LogP contribution in [0.15, 0.2) is 31.0 Å². The second-order valence-electron chi connectivity index (χ2n) is 4.03. The molecule has 6 nitrogen and oxygen atoms in total. The third kappa shape index (κ3) is 5.19. The molecule has 6 heteroatoms. The van der Waals surface area contributed by atoms with Crippen molar-refractivity contribution in [3.63, 3.8) is 0 Å². The van der Waals surface area contributed by atoms with Gasteiger partial charge in [-0.05, 0) is 18.6 Å². The first-order chi connectivity index (χ1) is 9.69. The van der Waals surface area contributed by atoms with E-state index in [1.165, 1.54) is 12.3 Å². The van der Waals surface area contributed by atoms with Gasteiger partial charge in [0.25, 0.3) is 11.8 Å². The van der Waals surface area contributed by atoms with E-state index >= 15 is 0 Å². The van der Waals surface area contributed by atoms with E-state index in [1.54, 1.807) is 19.3 Å². The summed E-state index contributed by atoms with van der Waals surface area (Å²) in [6.07, 6.45) is 3.75. The SMILES string of the molecule is C=CCNC(=O)c1cc(C(=O)NCCCOC)ccn1. The molecule has 0 radical (unpaired) electrons. The molecule has 0 aliphatic carbocycles. The third-order valence-corrected chi connectivity index (χ3v) is 2.47. The highest BCUT2D eigenvalue weighted by molar-refractivity contribution is 5.98. The molecule has 0 spiro atoms. The number of carbonyl (C=O) groups is 2. The lowest BCUT2D eigenvalue weighted by atomic mass is 10.2. The van der Waals surface area contributed by atoms with Crippen LogP contribution in [0.3, 0.4) is 0 Å². The smallest absolute Gasteiger partial charge is 0.270 e. The second kappa shape index (κ2) is 8.82. The van der Waals surface area contributed by atoms with Gasteiger partial charge >= 0.3 is 0 Å². The fourth-order valence-electron chi connectivity index (χ4n) is 1.47. The molecular weight excluding hydrogens is 258 g/mol. The summed E-state index contributed by atoms with van der Waals surface area (Å²) in [5.41, 5.74) is 0.609. The Kier molecular flexibility index (Phi) is 6.99. The first-order valence-electron chi connectivity index (χ1n) is 6.31. The zero-order chi connectivity index (χ0) is 14.8. The first-order valence-corrected chi connectivity index (χ1v) is 6.31. The van der Waals surface area contributed by atoms with E-state index < -0.39 is 0 Å². The highest BCUT2D eigenvalue weighted by Gasteiger charge is 2.10. The Bertz CT molecular complexity index is 474. The molecule has 0 aromatic carbocycles. The van der Waals surface area contributed by atoms with Gasteiger partial charge in [0, 0.05) is 38.6 Å². The number of methoxy groups -OCH3 is 1. The molecule has 108 valence electrons. The highest BCUT2D eigenvalue weighted by Crippen LogP contribution is 2.02. The van der Waals surface area contributed by atoms with Gasteiger partial charge in [0.15, 0.2) is 0 Å². The van der Waals surface area contributed by atoms with Crippen LogP contribution >= 0.6 is 0 Å². The van der Waals surface area contributed by atoms with E-state index in [9.17, 15) is 9.59 Å². The van der Waals surface area contributed by atoms with Gasteiger partial charge in [-0.2, -0.15) is 0 Å². The van der Waals surface area contributed by atoms with E-state index in [2.05, 4.69) is 22.2 Å². The molecule has 0 saturated carbocycles. The molecule has 1 aromatic rings. The van der Waals surface area contributed by atoms with Gasteiger partial charge in [0.1, 0.15) is 5.69 Å². The summed E-state index contributed by atoms with van der Waals surface area (Å²) in [7, 11) is 1.61. The second-order valence-corrected chi connectivity index (χ2v) is 4.03. The summed E-state index contributed by atoms with van der Waals surface area (Å²) in [5, 5.41) is 5.36. The largest absolute Gasteiger partial charge is 0.385 e. The van der Waals surface area contributed by atoms with Crippen LogP contribution in [0.4, 0.5) is 0 Å². The summed E-state index contributed by atoms with van der Waals surface area (Å²) in [6, 6.07) is 3.03. The molecule has 1 aromatic heterocycles. The summed E-state index contributed by atoms with van der Waals surface area (Å²) >= 11 is 0. The molecule has 2 amide bonds. The third-order valence-electron chi connectivity index (χ3n) is 2.47. The van der Waals surface area contributed by atoms with Gasteiger partial charge < -0.3 is 15.4 Å². The van der Waals surface area contributed by atoms with Gasteiger partial charge in [-0.1, -0.05) is 6.08 Å². The Morgan fingerprint density at radius 3 is 2.90 bits per heavy atom. The predicted molar refractivity (Wildman–Crippen MR) is 75.6 cm³/mol. The van der Waals surface area contributed by atoms with Crippen molar-refractivity contribution in [1.29, 1.82) is 0 Å². The Labute approximate surface area is 118 Å². The Balaban J connectivity index is 2.60. The predicted octanol–water partition coefficient (Wildman–Crippen LogP) is 0.764. The molecule has 0 aliphatic heterocycles. The van der Waals surface area contributed by atoms with Gasteiger partial charge in [-0.15, -0.1) is 6.58 Å². The normalized spacial score (nSPS) is 9.85. The topological polar surface area (TPSA) is 80.3 Å². The van der Waals surface area contributed by atoms with Crippen LogP contribution in [0.2, 0.25) is 0 Å². The molecule has 0 unspecified atom stereocenters. The molecule has 20 heavy (non-hydrogen) atoms. The van der Waals surface area contributed by atoms with Crippen LogP contribution in [0.25, 0.3) is 0 Å². The summed E-state index contributed by atoms with van der Waals surface area (Å²) < 4.78 is 4.90. The molecule has 0 atom stereocenters. The lowest BCUT2D eigenvalue weighted by molar-refractivity contribution is 0.0948. The maximum absolute atomic E-state index is 11.9. The minimum atomic E-state index is -0.334. The minimum Gasteiger partial charge on any atom is -0.385 e.